The van der Waals surface area contributed by atoms with Gasteiger partial charge in [0.15, 0.2) is 0 Å². The number of rotatable bonds is 4. The van der Waals surface area contributed by atoms with E-state index in [0.717, 1.165) is 25.7 Å². The summed E-state index contributed by atoms with van der Waals surface area (Å²) >= 11 is 5.04. The van der Waals surface area contributed by atoms with Crippen LogP contribution in [0.25, 0.3) is 0 Å². The molecule has 0 bridgehead atoms. The quantitative estimate of drug-likeness (QED) is 0.644. The third-order valence-electron chi connectivity index (χ3n) is 3.76. The van der Waals surface area contributed by atoms with Crippen LogP contribution in [-0.2, 0) is 0 Å². The number of benzene rings is 1. The molecule has 1 N–H and O–H groups in total. The Morgan fingerprint density at radius 1 is 1.38 bits per heavy atom. The molecule has 0 saturated heterocycles. The van der Waals surface area contributed by atoms with Gasteiger partial charge in [-0.05, 0) is 53.9 Å². The van der Waals surface area contributed by atoms with Crippen molar-refractivity contribution in [1.29, 1.82) is 0 Å². The highest BCUT2D eigenvalue weighted by Crippen LogP contribution is 2.30. The maximum absolute atomic E-state index is 12.3. The number of nitro benzene ring substituents is 1. The molecule has 0 radical (unpaired) electrons. The van der Waals surface area contributed by atoms with E-state index in [9.17, 15) is 14.9 Å². The average molecular weight is 373 g/mol. The molecule has 0 aromatic heterocycles. The van der Waals surface area contributed by atoms with Gasteiger partial charge in [0.1, 0.15) is 4.47 Å². The van der Waals surface area contributed by atoms with Gasteiger partial charge in [0.25, 0.3) is 11.6 Å². The number of thioether (sulfide) groups is 1. The lowest BCUT2D eigenvalue weighted by Crippen LogP contribution is -2.38. The van der Waals surface area contributed by atoms with Gasteiger partial charge in [-0.1, -0.05) is 6.07 Å². The van der Waals surface area contributed by atoms with Crippen LogP contribution in [0.4, 0.5) is 5.69 Å². The van der Waals surface area contributed by atoms with Crippen molar-refractivity contribution >= 4 is 39.3 Å². The van der Waals surface area contributed by atoms with E-state index in [1.54, 1.807) is 6.07 Å². The van der Waals surface area contributed by atoms with Crippen LogP contribution in [0.3, 0.4) is 0 Å². The Morgan fingerprint density at radius 3 is 2.62 bits per heavy atom. The van der Waals surface area contributed by atoms with Gasteiger partial charge in [-0.2, -0.15) is 11.8 Å². The Kier molecular flexibility index (Phi) is 5.64. The van der Waals surface area contributed by atoms with Crippen molar-refractivity contribution in [2.45, 2.75) is 37.0 Å². The van der Waals surface area contributed by atoms with E-state index in [4.69, 9.17) is 0 Å². The van der Waals surface area contributed by atoms with Crippen LogP contribution in [0.1, 0.15) is 36.0 Å². The molecule has 1 aliphatic rings. The molecule has 1 fully saturated rings. The largest absolute Gasteiger partial charge is 0.349 e. The Hall–Kier alpha value is -1.08. The molecule has 0 atom stereocenters. The molecule has 21 heavy (non-hydrogen) atoms. The van der Waals surface area contributed by atoms with Gasteiger partial charge in [-0.3, -0.25) is 14.9 Å². The minimum Gasteiger partial charge on any atom is -0.349 e. The van der Waals surface area contributed by atoms with Crippen molar-refractivity contribution in [3.8, 4) is 0 Å². The topological polar surface area (TPSA) is 72.2 Å². The molecular weight excluding hydrogens is 356 g/mol. The molecule has 0 unspecified atom stereocenters. The number of halogens is 1. The van der Waals surface area contributed by atoms with Crippen molar-refractivity contribution in [2.75, 3.05) is 6.26 Å². The van der Waals surface area contributed by atoms with Gasteiger partial charge in [-0.25, -0.2) is 0 Å². The molecule has 1 aromatic carbocycles. The molecular formula is C14H17BrN2O3S. The highest BCUT2D eigenvalue weighted by molar-refractivity contribution is 9.10. The highest BCUT2D eigenvalue weighted by atomic mass is 79.9. The van der Waals surface area contributed by atoms with Crippen LogP contribution in [0.5, 0.6) is 0 Å². The van der Waals surface area contributed by atoms with Crippen molar-refractivity contribution in [3.05, 3.63) is 38.3 Å². The third-order valence-corrected chi connectivity index (χ3v) is 5.73. The minimum atomic E-state index is -0.495. The molecule has 5 nitrogen and oxygen atoms in total. The number of nitrogens with one attached hydrogen (secondary N) is 1. The number of nitrogens with zero attached hydrogens (tertiary/aromatic N) is 1. The normalized spacial score (nSPS) is 21.8. The molecule has 1 amide bonds. The zero-order valence-corrected chi connectivity index (χ0v) is 14.1. The molecule has 7 heteroatoms. The fraction of sp³-hybridized carbons (Fsp3) is 0.500. The standard InChI is InChI=1S/C14H17BrN2O3S/c1-21-10-7-5-9(6-8-10)16-14(18)11-3-2-4-12(13(11)15)17(19)20/h2-4,9-10H,5-8H2,1H3,(H,16,18). The number of amides is 1. The first-order valence-electron chi connectivity index (χ1n) is 6.79. The number of hydrogen-bond donors (Lipinski definition) is 1. The molecule has 0 heterocycles. The lowest BCUT2D eigenvalue weighted by Gasteiger charge is -2.28. The summed E-state index contributed by atoms with van der Waals surface area (Å²) < 4.78 is 0.241. The van der Waals surface area contributed by atoms with Crippen LogP contribution >= 0.6 is 27.7 Å². The van der Waals surface area contributed by atoms with Gasteiger partial charge in [0.05, 0.1) is 10.5 Å². The van der Waals surface area contributed by atoms with Gasteiger partial charge in [-0.15, -0.1) is 0 Å². The van der Waals surface area contributed by atoms with E-state index in [1.807, 2.05) is 11.8 Å². The summed E-state index contributed by atoms with van der Waals surface area (Å²) in [6.45, 7) is 0. The third kappa shape index (κ3) is 3.97. The molecule has 1 saturated carbocycles. The lowest BCUT2D eigenvalue weighted by atomic mass is 9.94. The minimum absolute atomic E-state index is 0.0891. The maximum atomic E-state index is 12.3. The molecule has 114 valence electrons. The second-order valence-electron chi connectivity index (χ2n) is 5.08. The van der Waals surface area contributed by atoms with E-state index < -0.39 is 4.92 Å². The SMILES string of the molecule is CSC1CCC(NC(=O)c2cccc([N+](=O)[O-])c2Br)CC1. The summed E-state index contributed by atoms with van der Waals surface area (Å²) in [4.78, 5) is 22.7. The van der Waals surface area contributed by atoms with Crippen molar-refractivity contribution in [1.82, 2.24) is 5.32 Å². The number of hydrogen-bond acceptors (Lipinski definition) is 4. The van der Waals surface area contributed by atoms with Crippen molar-refractivity contribution in [2.24, 2.45) is 0 Å². The van der Waals surface area contributed by atoms with E-state index >= 15 is 0 Å². The number of nitro groups is 1. The molecule has 1 aliphatic carbocycles. The fourth-order valence-electron chi connectivity index (χ4n) is 2.54. The summed E-state index contributed by atoms with van der Waals surface area (Å²) in [7, 11) is 0. The first-order valence-corrected chi connectivity index (χ1v) is 8.87. The Balaban J connectivity index is 2.04. The zero-order chi connectivity index (χ0) is 15.4. The first-order chi connectivity index (χ1) is 10.0. The monoisotopic (exact) mass is 372 g/mol. The maximum Gasteiger partial charge on any atom is 0.284 e. The Labute approximate surface area is 136 Å². The van der Waals surface area contributed by atoms with Crippen LogP contribution in [-0.4, -0.2) is 28.4 Å². The highest BCUT2D eigenvalue weighted by Gasteiger charge is 2.24. The predicted molar refractivity (Wildman–Crippen MR) is 87.8 cm³/mol. The number of carbonyl (C=O) groups is 1. The van der Waals surface area contributed by atoms with Crippen LogP contribution < -0.4 is 5.32 Å². The predicted octanol–water partition coefficient (Wildman–Crippen LogP) is 3.76. The van der Waals surface area contributed by atoms with Gasteiger partial charge < -0.3 is 5.32 Å². The second kappa shape index (κ2) is 7.26. The van der Waals surface area contributed by atoms with Crippen LogP contribution in [0, 0.1) is 10.1 Å². The summed E-state index contributed by atoms with van der Waals surface area (Å²) in [5, 5.41) is 14.6. The zero-order valence-electron chi connectivity index (χ0n) is 11.7. The van der Waals surface area contributed by atoms with Gasteiger partial charge >= 0.3 is 0 Å². The smallest absolute Gasteiger partial charge is 0.284 e. The second-order valence-corrected chi connectivity index (χ2v) is 7.01. The Bertz CT molecular complexity index is 545. The number of carbonyl (C=O) groups excluding carboxylic acids is 1. The molecule has 1 aromatic rings. The van der Waals surface area contributed by atoms with E-state index in [-0.39, 0.29) is 22.1 Å². The van der Waals surface area contributed by atoms with E-state index in [2.05, 4.69) is 27.5 Å². The molecule has 2 rings (SSSR count). The molecule has 0 spiro atoms. The summed E-state index contributed by atoms with van der Waals surface area (Å²) in [6, 6.07) is 4.67. The summed E-state index contributed by atoms with van der Waals surface area (Å²) in [6.07, 6.45) is 6.24. The van der Waals surface area contributed by atoms with Crippen LogP contribution in [0.15, 0.2) is 22.7 Å². The first kappa shape index (κ1) is 16.3. The lowest BCUT2D eigenvalue weighted by molar-refractivity contribution is -0.385. The molecule has 0 aliphatic heterocycles. The van der Waals surface area contributed by atoms with Gasteiger partial charge in [0.2, 0.25) is 0 Å². The van der Waals surface area contributed by atoms with Crippen molar-refractivity contribution in [3.63, 3.8) is 0 Å². The van der Waals surface area contributed by atoms with E-state index in [0.29, 0.717) is 10.8 Å². The van der Waals surface area contributed by atoms with Gasteiger partial charge in [0, 0.05) is 17.4 Å². The van der Waals surface area contributed by atoms with E-state index in [1.165, 1.54) is 12.1 Å². The van der Waals surface area contributed by atoms with Crippen molar-refractivity contribution < 1.29 is 9.72 Å². The summed E-state index contributed by atoms with van der Waals surface area (Å²) in [5.74, 6) is -0.252. The average Bonchev–Trinajstić information content (AvgIpc) is 2.47. The fourth-order valence-corrected chi connectivity index (χ4v) is 3.87. The Morgan fingerprint density at radius 2 is 2.05 bits per heavy atom. The summed E-state index contributed by atoms with van der Waals surface area (Å²) in [5.41, 5.74) is 0.227. The van der Waals surface area contributed by atoms with Crippen LogP contribution in [0.2, 0.25) is 0 Å².